The summed E-state index contributed by atoms with van der Waals surface area (Å²) in [6.45, 7) is 1.78. The smallest absolute Gasteiger partial charge is 0.294 e. The Morgan fingerprint density at radius 2 is 1.89 bits per heavy atom. The largest absolute Gasteiger partial charge is 0.493 e. The quantitative estimate of drug-likeness (QED) is 0.400. The predicted molar refractivity (Wildman–Crippen MR) is 139 cm³/mol. The predicted octanol–water partition coefficient (Wildman–Crippen LogP) is 5.31. The van der Waals surface area contributed by atoms with Gasteiger partial charge in [-0.15, -0.1) is 0 Å². The van der Waals surface area contributed by atoms with Gasteiger partial charge in [0.1, 0.15) is 13.2 Å². The molecule has 0 radical (unpaired) electrons. The van der Waals surface area contributed by atoms with Gasteiger partial charge >= 0.3 is 0 Å². The van der Waals surface area contributed by atoms with Crippen molar-refractivity contribution in [2.75, 3.05) is 19.0 Å². The first kappa shape index (κ1) is 25.3. The lowest BCUT2D eigenvalue weighted by molar-refractivity contribution is -0.127. The number of nitrogens with one attached hydrogen (secondary N) is 1. The van der Waals surface area contributed by atoms with E-state index in [1.807, 2.05) is 19.1 Å². The summed E-state index contributed by atoms with van der Waals surface area (Å²) in [5.41, 5.74) is 2.96. The molecule has 3 aromatic rings. The minimum absolute atomic E-state index is 0.207. The van der Waals surface area contributed by atoms with Gasteiger partial charge in [-0.25, -0.2) is 0 Å². The number of methoxy groups -OCH3 is 1. The van der Waals surface area contributed by atoms with Gasteiger partial charge in [-0.1, -0.05) is 23.7 Å². The van der Waals surface area contributed by atoms with Crippen molar-refractivity contribution in [2.45, 2.75) is 13.5 Å². The van der Waals surface area contributed by atoms with Gasteiger partial charge in [-0.05, 0) is 77.9 Å². The molecule has 0 aliphatic carbocycles. The Bertz CT molecular complexity index is 1350. The number of benzene rings is 2. The lowest BCUT2D eigenvalue weighted by atomic mass is 10.2. The van der Waals surface area contributed by atoms with Crippen LogP contribution in [0.25, 0.3) is 6.08 Å². The second kappa shape index (κ2) is 11.3. The van der Waals surface area contributed by atoms with E-state index < -0.39 is 23.6 Å². The van der Waals surface area contributed by atoms with E-state index in [1.165, 1.54) is 7.11 Å². The number of imide groups is 1. The number of halogens is 1. The van der Waals surface area contributed by atoms with Gasteiger partial charge in [0, 0.05) is 23.1 Å². The van der Waals surface area contributed by atoms with Gasteiger partial charge in [-0.3, -0.25) is 24.3 Å². The molecule has 184 valence electrons. The van der Waals surface area contributed by atoms with Crippen molar-refractivity contribution < 1.29 is 23.9 Å². The van der Waals surface area contributed by atoms with Crippen molar-refractivity contribution in [1.29, 1.82) is 0 Å². The van der Waals surface area contributed by atoms with Crippen LogP contribution in [0.15, 0.2) is 65.8 Å². The van der Waals surface area contributed by atoms with Crippen molar-refractivity contribution in [3.8, 4) is 11.5 Å². The molecule has 10 heteroatoms. The number of hydrogen-bond acceptors (Lipinski definition) is 7. The molecule has 4 rings (SSSR count). The number of amides is 3. The molecule has 0 atom stereocenters. The molecular formula is C26H22ClN3O5S. The molecule has 0 bridgehead atoms. The number of thioether (sulfide) groups is 1. The third kappa shape index (κ3) is 6.05. The summed E-state index contributed by atoms with van der Waals surface area (Å²) < 4.78 is 11.3. The summed E-state index contributed by atoms with van der Waals surface area (Å²) in [6, 6.07) is 14.0. The molecule has 1 saturated heterocycles. The molecule has 1 aliphatic rings. The number of nitrogens with zero attached hydrogens (tertiary/aromatic N) is 2. The van der Waals surface area contributed by atoms with E-state index in [2.05, 4.69) is 10.3 Å². The molecule has 0 unspecified atom stereocenters. The summed E-state index contributed by atoms with van der Waals surface area (Å²) in [5.74, 6) is -0.0319. The molecule has 36 heavy (non-hydrogen) atoms. The highest BCUT2D eigenvalue weighted by Gasteiger charge is 2.36. The third-order valence-electron chi connectivity index (χ3n) is 5.26. The molecule has 3 amide bonds. The maximum atomic E-state index is 12.8. The van der Waals surface area contributed by atoms with Crippen molar-refractivity contribution >= 4 is 52.2 Å². The van der Waals surface area contributed by atoms with Crippen LogP contribution in [0.3, 0.4) is 0 Å². The van der Waals surface area contributed by atoms with Crippen LogP contribution in [-0.4, -0.2) is 40.6 Å². The van der Waals surface area contributed by atoms with Crippen molar-refractivity contribution in [3.05, 3.63) is 87.5 Å². The maximum Gasteiger partial charge on any atom is 0.294 e. The molecule has 2 heterocycles. The summed E-state index contributed by atoms with van der Waals surface area (Å²) in [5, 5.41) is 2.64. The Morgan fingerprint density at radius 1 is 1.11 bits per heavy atom. The van der Waals surface area contributed by atoms with Crippen molar-refractivity contribution in [1.82, 2.24) is 9.88 Å². The van der Waals surface area contributed by atoms with Gasteiger partial charge in [0.15, 0.2) is 11.5 Å². The molecule has 1 N–H and O–H groups in total. The molecular weight excluding hydrogens is 502 g/mol. The molecule has 1 aliphatic heterocycles. The third-order valence-corrected chi connectivity index (χ3v) is 6.57. The number of aryl methyl sites for hydroxylation is 1. The Hall–Kier alpha value is -3.82. The minimum Gasteiger partial charge on any atom is -0.493 e. The first-order chi connectivity index (χ1) is 17.3. The van der Waals surface area contributed by atoms with Gasteiger partial charge in [0.25, 0.3) is 11.1 Å². The van der Waals surface area contributed by atoms with E-state index in [0.29, 0.717) is 34.4 Å². The fraction of sp³-hybridized carbons (Fsp3) is 0.154. The lowest BCUT2D eigenvalue weighted by Gasteiger charge is -2.13. The Kier molecular flexibility index (Phi) is 7.92. The van der Waals surface area contributed by atoms with E-state index in [4.69, 9.17) is 21.1 Å². The van der Waals surface area contributed by atoms with Crippen LogP contribution >= 0.6 is 23.4 Å². The van der Waals surface area contributed by atoms with Crippen LogP contribution < -0.4 is 14.8 Å². The molecule has 1 aromatic heterocycles. The Balaban J connectivity index is 1.42. The number of aromatic nitrogens is 1. The zero-order chi connectivity index (χ0) is 25.7. The van der Waals surface area contributed by atoms with Gasteiger partial charge in [0.2, 0.25) is 5.91 Å². The average molecular weight is 524 g/mol. The lowest BCUT2D eigenvalue weighted by Crippen LogP contribution is -2.36. The zero-order valence-corrected chi connectivity index (χ0v) is 21.1. The number of rotatable bonds is 8. The van der Waals surface area contributed by atoms with E-state index in [9.17, 15) is 14.4 Å². The van der Waals surface area contributed by atoms with Gasteiger partial charge in [-0.2, -0.15) is 0 Å². The second-order valence-electron chi connectivity index (χ2n) is 7.83. The molecule has 0 spiro atoms. The maximum absolute atomic E-state index is 12.8. The van der Waals surface area contributed by atoms with E-state index >= 15 is 0 Å². The van der Waals surface area contributed by atoms with Crippen LogP contribution in [0.1, 0.15) is 16.7 Å². The Labute approximate surface area is 217 Å². The van der Waals surface area contributed by atoms with Crippen molar-refractivity contribution in [2.24, 2.45) is 0 Å². The van der Waals surface area contributed by atoms with Crippen LogP contribution in [0.2, 0.25) is 5.02 Å². The minimum atomic E-state index is -0.543. The molecule has 8 nitrogen and oxygen atoms in total. The molecule has 2 aromatic carbocycles. The summed E-state index contributed by atoms with van der Waals surface area (Å²) in [7, 11) is 1.52. The number of pyridine rings is 1. The van der Waals surface area contributed by atoms with E-state index in [0.717, 1.165) is 27.8 Å². The van der Waals surface area contributed by atoms with E-state index in [1.54, 1.807) is 54.9 Å². The first-order valence-corrected chi connectivity index (χ1v) is 12.0. The monoisotopic (exact) mass is 523 g/mol. The van der Waals surface area contributed by atoms with E-state index in [-0.39, 0.29) is 4.91 Å². The fourth-order valence-electron chi connectivity index (χ4n) is 3.34. The molecule has 0 saturated carbocycles. The normalized spacial score (nSPS) is 14.3. The highest BCUT2D eigenvalue weighted by Crippen LogP contribution is 2.35. The number of hydrogen-bond donors (Lipinski definition) is 1. The van der Waals surface area contributed by atoms with Gasteiger partial charge in [0.05, 0.1) is 12.0 Å². The van der Waals surface area contributed by atoms with Crippen LogP contribution in [-0.2, 0) is 16.2 Å². The molecule has 1 fully saturated rings. The van der Waals surface area contributed by atoms with Crippen LogP contribution in [0.5, 0.6) is 11.5 Å². The highest BCUT2D eigenvalue weighted by atomic mass is 35.5. The first-order valence-electron chi connectivity index (χ1n) is 10.8. The highest BCUT2D eigenvalue weighted by molar-refractivity contribution is 8.18. The fourth-order valence-corrected chi connectivity index (χ4v) is 4.35. The zero-order valence-electron chi connectivity index (χ0n) is 19.5. The standard InChI is InChI=1S/C26H22ClN3O5S/c1-16-3-5-19(13-20(16)27)29-24(31)14-30-25(32)23(36-26(30)33)12-18-4-6-21(22(11-18)34-2)35-15-17-7-9-28-10-8-17/h3-13H,14-15H2,1-2H3,(H,29,31)/b23-12+. The summed E-state index contributed by atoms with van der Waals surface area (Å²) >= 11 is 6.86. The number of carbonyl (C=O) groups excluding carboxylic acids is 3. The topological polar surface area (TPSA) is 97.8 Å². The summed E-state index contributed by atoms with van der Waals surface area (Å²) in [4.78, 5) is 42.8. The number of carbonyl (C=O) groups is 3. The van der Waals surface area contributed by atoms with Gasteiger partial charge < -0.3 is 14.8 Å². The van der Waals surface area contributed by atoms with Crippen LogP contribution in [0, 0.1) is 6.92 Å². The number of anilines is 1. The van der Waals surface area contributed by atoms with Crippen LogP contribution in [0.4, 0.5) is 10.5 Å². The second-order valence-corrected chi connectivity index (χ2v) is 9.23. The average Bonchev–Trinajstić information content (AvgIpc) is 3.13. The number of ether oxygens (including phenoxy) is 2. The summed E-state index contributed by atoms with van der Waals surface area (Å²) in [6.07, 6.45) is 4.96. The van der Waals surface area contributed by atoms with Crippen molar-refractivity contribution in [3.63, 3.8) is 0 Å². The Morgan fingerprint density at radius 3 is 2.61 bits per heavy atom. The SMILES string of the molecule is COc1cc(/C=C2/SC(=O)N(CC(=O)Nc3ccc(C)c(Cl)c3)C2=O)ccc1OCc1ccncc1.